The van der Waals surface area contributed by atoms with Crippen LogP contribution in [0.15, 0.2) is 18.2 Å². The smallest absolute Gasteiger partial charge is 0.227 e. The van der Waals surface area contributed by atoms with E-state index in [1.54, 1.807) is 11.0 Å². The van der Waals surface area contributed by atoms with Crippen LogP contribution in [0.1, 0.15) is 18.7 Å². The zero-order valence-electron chi connectivity index (χ0n) is 14.2. The lowest BCUT2D eigenvalue weighted by Crippen LogP contribution is -2.42. The number of likely N-dealkylation sites (tertiary alicyclic amines) is 2. The third-order valence-corrected chi connectivity index (χ3v) is 5.39. The molecular formula is C18H21FN4O2. The number of aromatic amines is 1. The number of fused-ring (bicyclic) bond motifs is 2. The van der Waals surface area contributed by atoms with Gasteiger partial charge in [-0.25, -0.2) is 9.37 Å². The summed E-state index contributed by atoms with van der Waals surface area (Å²) in [5.41, 5.74) is 1.34. The van der Waals surface area contributed by atoms with E-state index in [0.717, 1.165) is 13.0 Å². The second-order valence-electron chi connectivity index (χ2n) is 7.06. The number of imidazole rings is 1. The molecule has 2 fully saturated rings. The van der Waals surface area contributed by atoms with Gasteiger partial charge < -0.3 is 14.8 Å². The molecule has 2 saturated heterocycles. The summed E-state index contributed by atoms with van der Waals surface area (Å²) in [5, 5.41) is 0. The molecule has 1 N–H and O–H groups in total. The number of aromatic nitrogens is 2. The molecule has 3 heterocycles. The summed E-state index contributed by atoms with van der Waals surface area (Å²) in [4.78, 5) is 35.8. The standard InChI is InChI=1S/C18H21FN4O2/c1-22-7-6-11-9-23(10-13(11)18(22)25)17(24)5-4-16-20-14-3-2-12(19)8-15(14)21-16/h2-3,8,11,13H,4-7,9-10H2,1H3,(H,20,21)/t11-,13+/m1/s1. The lowest BCUT2D eigenvalue weighted by molar-refractivity contribution is -0.138. The minimum atomic E-state index is -0.312. The number of piperidine rings is 1. The molecule has 0 unspecified atom stereocenters. The summed E-state index contributed by atoms with van der Waals surface area (Å²) in [6.45, 7) is 1.98. The third kappa shape index (κ3) is 2.99. The summed E-state index contributed by atoms with van der Waals surface area (Å²) in [6.07, 6.45) is 1.78. The molecule has 25 heavy (non-hydrogen) atoms. The van der Waals surface area contributed by atoms with Crippen molar-refractivity contribution in [3.63, 3.8) is 0 Å². The van der Waals surface area contributed by atoms with Crippen molar-refractivity contribution in [3.8, 4) is 0 Å². The lowest BCUT2D eigenvalue weighted by atomic mass is 9.88. The quantitative estimate of drug-likeness (QED) is 0.919. The minimum absolute atomic E-state index is 0.0446. The predicted octanol–water partition coefficient (Wildman–Crippen LogP) is 1.57. The molecule has 1 aromatic heterocycles. The monoisotopic (exact) mass is 344 g/mol. The fourth-order valence-corrected chi connectivity index (χ4v) is 3.94. The number of aryl methyl sites for hydroxylation is 1. The van der Waals surface area contributed by atoms with Crippen LogP contribution in [0.4, 0.5) is 4.39 Å². The van der Waals surface area contributed by atoms with Gasteiger partial charge in [0.1, 0.15) is 11.6 Å². The number of nitrogens with one attached hydrogen (secondary N) is 1. The Kier molecular flexibility index (Phi) is 3.94. The summed E-state index contributed by atoms with van der Waals surface area (Å²) in [6, 6.07) is 4.40. The Balaban J connectivity index is 1.38. The van der Waals surface area contributed by atoms with Crippen molar-refractivity contribution in [1.29, 1.82) is 0 Å². The van der Waals surface area contributed by atoms with Gasteiger partial charge in [0, 0.05) is 39.5 Å². The topological polar surface area (TPSA) is 69.3 Å². The highest BCUT2D eigenvalue weighted by Crippen LogP contribution is 2.32. The van der Waals surface area contributed by atoms with E-state index >= 15 is 0 Å². The first-order valence-electron chi connectivity index (χ1n) is 8.68. The molecule has 0 aliphatic carbocycles. The van der Waals surface area contributed by atoms with Crippen LogP contribution in [-0.2, 0) is 16.0 Å². The van der Waals surface area contributed by atoms with Crippen LogP contribution in [0.5, 0.6) is 0 Å². The maximum atomic E-state index is 13.2. The fraction of sp³-hybridized carbons (Fsp3) is 0.500. The summed E-state index contributed by atoms with van der Waals surface area (Å²) in [5.74, 6) is 0.829. The van der Waals surface area contributed by atoms with Gasteiger partial charge >= 0.3 is 0 Å². The highest BCUT2D eigenvalue weighted by Gasteiger charge is 2.42. The van der Waals surface area contributed by atoms with Crippen LogP contribution in [0.3, 0.4) is 0 Å². The Hall–Kier alpha value is -2.44. The number of H-pyrrole nitrogens is 1. The fourth-order valence-electron chi connectivity index (χ4n) is 3.94. The second kappa shape index (κ2) is 6.13. The van der Waals surface area contributed by atoms with Crippen LogP contribution >= 0.6 is 0 Å². The van der Waals surface area contributed by atoms with Crippen molar-refractivity contribution in [1.82, 2.24) is 19.8 Å². The van der Waals surface area contributed by atoms with Gasteiger partial charge in [-0.15, -0.1) is 0 Å². The van der Waals surface area contributed by atoms with E-state index < -0.39 is 0 Å². The Morgan fingerprint density at radius 1 is 1.40 bits per heavy atom. The number of halogens is 1. The number of amides is 2. The molecule has 132 valence electrons. The number of benzene rings is 1. The van der Waals surface area contributed by atoms with Gasteiger partial charge in [0.05, 0.1) is 17.0 Å². The first-order valence-corrected chi connectivity index (χ1v) is 8.68. The SMILES string of the molecule is CN1CC[C@@H]2CN(C(=O)CCc3nc4ccc(F)cc4[nH]3)C[C@@H]2C1=O. The largest absolute Gasteiger partial charge is 0.345 e. The number of rotatable bonds is 3. The molecule has 4 rings (SSSR count). The van der Waals surface area contributed by atoms with E-state index in [-0.39, 0.29) is 23.5 Å². The zero-order chi connectivity index (χ0) is 17.6. The lowest BCUT2D eigenvalue weighted by Gasteiger charge is -2.30. The highest BCUT2D eigenvalue weighted by atomic mass is 19.1. The van der Waals surface area contributed by atoms with Gasteiger partial charge in [0.15, 0.2) is 0 Å². The molecule has 0 saturated carbocycles. The number of carbonyl (C=O) groups excluding carboxylic acids is 2. The van der Waals surface area contributed by atoms with Gasteiger partial charge in [-0.1, -0.05) is 0 Å². The van der Waals surface area contributed by atoms with Crippen LogP contribution in [-0.4, -0.2) is 58.3 Å². The third-order valence-electron chi connectivity index (χ3n) is 5.39. The molecule has 0 bridgehead atoms. The number of carbonyl (C=O) groups is 2. The summed E-state index contributed by atoms with van der Waals surface area (Å²) in [7, 11) is 1.83. The maximum Gasteiger partial charge on any atom is 0.227 e. The minimum Gasteiger partial charge on any atom is -0.345 e. The Bertz CT molecular complexity index is 834. The van der Waals surface area contributed by atoms with Crippen molar-refractivity contribution in [2.75, 3.05) is 26.7 Å². The van der Waals surface area contributed by atoms with Crippen LogP contribution in [0.2, 0.25) is 0 Å². The van der Waals surface area contributed by atoms with E-state index in [1.807, 2.05) is 11.9 Å². The second-order valence-corrected chi connectivity index (χ2v) is 7.06. The molecule has 0 radical (unpaired) electrons. The Morgan fingerprint density at radius 3 is 3.08 bits per heavy atom. The van der Waals surface area contributed by atoms with E-state index in [4.69, 9.17) is 0 Å². The Labute approximate surface area is 145 Å². The van der Waals surface area contributed by atoms with Gasteiger partial charge in [-0.05, 0) is 30.5 Å². The number of hydrogen-bond donors (Lipinski definition) is 1. The van der Waals surface area contributed by atoms with E-state index in [1.165, 1.54) is 12.1 Å². The van der Waals surface area contributed by atoms with Crippen LogP contribution in [0.25, 0.3) is 11.0 Å². The van der Waals surface area contributed by atoms with Crippen molar-refractivity contribution in [2.24, 2.45) is 11.8 Å². The van der Waals surface area contributed by atoms with Crippen molar-refractivity contribution < 1.29 is 14.0 Å². The van der Waals surface area contributed by atoms with Gasteiger partial charge in [-0.3, -0.25) is 9.59 Å². The molecule has 2 aromatic rings. The van der Waals surface area contributed by atoms with Gasteiger partial charge in [-0.2, -0.15) is 0 Å². The van der Waals surface area contributed by atoms with E-state index in [2.05, 4.69) is 9.97 Å². The van der Waals surface area contributed by atoms with Crippen LogP contribution in [0, 0.1) is 17.7 Å². The van der Waals surface area contributed by atoms with Crippen LogP contribution < -0.4 is 0 Å². The average molecular weight is 344 g/mol. The molecule has 7 heteroatoms. The molecule has 2 aliphatic heterocycles. The average Bonchev–Trinajstić information content (AvgIpc) is 3.19. The molecule has 2 atom stereocenters. The van der Waals surface area contributed by atoms with Crippen molar-refractivity contribution >= 4 is 22.8 Å². The highest BCUT2D eigenvalue weighted by molar-refractivity contribution is 5.83. The molecule has 1 aromatic carbocycles. The van der Waals surface area contributed by atoms with E-state index in [0.29, 0.717) is 48.7 Å². The predicted molar refractivity (Wildman–Crippen MR) is 90.2 cm³/mol. The van der Waals surface area contributed by atoms with Gasteiger partial charge in [0.25, 0.3) is 0 Å². The molecular weight excluding hydrogens is 323 g/mol. The first-order chi connectivity index (χ1) is 12.0. The van der Waals surface area contributed by atoms with Crippen molar-refractivity contribution in [3.05, 3.63) is 29.8 Å². The first kappa shape index (κ1) is 16.1. The van der Waals surface area contributed by atoms with Crippen molar-refractivity contribution in [2.45, 2.75) is 19.3 Å². The summed E-state index contributed by atoms with van der Waals surface area (Å²) >= 11 is 0. The van der Waals surface area contributed by atoms with Gasteiger partial charge in [0.2, 0.25) is 11.8 Å². The summed E-state index contributed by atoms with van der Waals surface area (Å²) < 4.78 is 13.2. The normalized spacial score (nSPS) is 23.4. The molecule has 2 amide bonds. The number of hydrogen-bond acceptors (Lipinski definition) is 3. The number of nitrogens with zero attached hydrogens (tertiary/aromatic N) is 3. The Morgan fingerprint density at radius 2 is 2.24 bits per heavy atom. The molecule has 6 nitrogen and oxygen atoms in total. The van der Waals surface area contributed by atoms with E-state index in [9.17, 15) is 14.0 Å². The maximum absolute atomic E-state index is 13.2. The molecule has 2 aliphatic rings. The zero-order valence-corrected chi connectivity index (χ0v) is 14.2. The molecule has 0 spiro atoms.